The number of rotatable bonds is 5. The first-order chi connectivity index (χ1) is 9.15. The first-order valence-corrected chi connectivity index (χ1v) is 5.99. The molecular formula is C13H18N4O2. The van der Waals surface area contributed by atoms with E-state index in [1.165, 1.54) is 0 Å². The van der Waals surface area contributed by atoms with Gasteiger partial charge in [-0.05, 0) is 20.2 Å². The Hall–Kier alpha value is -1.92. The lowest BCUT2D eigenvalue weighted by Gasteiger charge is -2.15. The first kappa shape index (κ1) is 13.5. The molecule has 2 aromatic rings. The molecule has 19 heavy (non-hydrogen) atoms. The zero-order chi connectivity index (χ0) is 13.8. The molecule has 0 spiro atoms. The van der Waals surface area contributed by atoms with Gasteiger partial charge in [-0.2, -0.15) is 4.98 Å². The number of para-hydroxylation sites is 1. The molecule has 1 aromatic carbocycles. The normalized spacial score (nSPS) is 11.0. The van der Waals surface area contributed by atoms with Crippen molar-refractivity contribution in [2.24, 2.45) is 5.73 Å². The lowest BCUT2D eigenvalue weighted by atomic mass is 10.1. The molecule has 0 aliphatic carbocycles. The summed E-state index contributed by atoms with van der Waals surface area (Å²) in [6, 6.07) is 5.88. The number of hydrogen-bond donors (Lipinski definition) is 1. The van der Waals surface area contributed by atoms with Gasteiger partial charge in [0.05, 0.1) is 19.2 Å². The average Bonchev–Trinajstić information content (AvgIpc) is 2.86. The van der Waals surface area contributed by atoms with Gasteiger partial charge in [-0.1, -0.05) is 17.3 Å². The highest BCUT2D eigenvalue weighted by molar-refractivity contribution is 5.66. The minimum absolute atomic E-state index is 0.229. The van der Waals surface area contributed by atoms with Crippen LogP contribution in [0, 0.1) is 0 Å². The number of aromatic nitrogens is 2. The Morgan fingerprint density at radius 3 is 2.74 bits per heavy atom. The maximum atomic E-state index is 5.50. The molecule has 0 aliphatic rings. The van der Waals surface area contributed by atoms with Crippen LogP contribution in [0.15, 0.2) is 22.7 Å². The van der Waals surface area contributed by atoms with Crippen LogP contribution in [0.3, 0.4) is 0 Å². The van der Waals surface area contributed by atoms with E-state index in [0.29, 0.717) is 11.7 Å². The molecule has 0 fully saturated rings. The summed E-state index contributed by atoms with van der Waals surface area (Å²) >= 11 is 0. The van der Waals surface area contributed by atoms with Crippen LogP contribution in [0.4, 0.5) is 0 Å². The summed E-state index contributed by atoms with van der Waals surface area (Å²) < 4.78 is 10.5. The van der Waals surface area contributed by atoms with E-state index in [0.717, 1.165) is 23.4 Å². The highest BCUT2D eigenvalue weighted by Crippen LogP contribution is 2.31. The molecule has 0 saturated heterocycles. The molecule has 102 valence electrons. The number of ether oxygens (including phenoxy) is 1. The van der Waals surface area contributed by atoms with E-state index in [-0.39, 0.29) is 6.54 Å². The standard InChI is InChI=1S/C13H18N4O2/c1-17(2)8-9-5-4-6-10(12(9)18-3)13-15-11(7-14)19-16-13/h4-6H,7-8,14H2,1-3H3. The molecule has 2 N–H and O–H groups in total. The highest BCUT2D eigenvalue weighted by Gasteiger charge is 2.16. The molecule has 0 atom stereocenters. The fourth-order valence-corrected chi connectivity index (χ4v) is 1.91. The van der Waals surface area contributed by atoms with E-state index in [9.17, 15) is 0 Å². The Balaban J connectivity index is 2.44. The fourth-order valence-electron chi connectivity index (χ4n) is 1.91. The van der Waals surface area contributed by atoms with Gasteiger partial charge in [0.1, 0.15) is 5.75 Å². The third-order valence-electron chi connectivity index (χ3n) is 2.67. The molecule has 0 amide bonds. The zero-order valence-corrected chi connectivity index (χ0v) is 11.4. The largest absolute Gasteiger partial charge is 0.496 e. The lowest BCUT2D eigenvalue weighted by molar-refractivity contribution is 0.371. The molecule has 0 radical (unpaired) electrons. The monoisotopic (exact) mass is 262 g/mol. The van der Waals surface area contributed by atoms with Gasteiger partial charge in [0.15, 0.2) is 0 Å². The molecule has 1 aromatic heterocycles. The second kappa shape index (κ2) is 5.81. The predicted molar refractivity (Wildman–Crippen MR) is 71.6 cm³/mol. The summed E-state index contributed by atoms with van der Waals surface area (Å²) in [7, 11) is 5.65. The summed E-state index contributed by atoms with van der Waals surface area (Å²) in [4.78, 5) is 6.30. The third-order valence-corrected chi connectivity index (χ3v) is 2.67. The van der Waals surface area contributed by atoms with Crippen LogP contribution >= 0.6 is 0 Å². The van der Waals surface area contributed by atoms with Crippen LogP contribution in [-0.2, 0) is 13.1 Å². The van der Waals surface area contributed by atoms with Crippen molar-refractivity contribution >= 4 is 0 Å². The minimum atomic E-state index is 0.229. The summed E-state index contributed by atoms with van der Waals surface area (Å²) in [5.74, 6) is 1.67. The van der Waals surface area contributed by atoms with Crippen LogP contribution in [0.5, 0.6) is 5.75 Å². The number of methoxy groups -OCH3 is 1. The maximum Gasteiger partial charge on any atom is 0.240 e. The van der Waals surface area contributed by atoms with E-state index in [4.69, 9.17) is 15.0 Å². The fraction of sp³-hybridized carbons (Fsp3) is 0.385. The van der Waals surface area contributed by atoms with E-state index in [1.807, 2.05) is 32.3 Å². The predicted octanol–water partition coefficient (Wildman–Crippen LogP) is 1.27. The van der Waals surface area contributed by atoms with Crippen LogP contribution in [0.2, 0.25) is 0 Å². The van der Waals surface area contributed by atoms with E-state index in [2.05, 4.69) is 15.0 Å². The van der Waals surface area contributed by atoms with Crippen molar-refractivity contribution in [3.63, 3.8) is 0 Å². The van der Waals surface area contributed by atoms with Gasteiger partial charge >= 0.3 is 0 Å². The van der Waals surface area contributed by atoms with Crippen LogP contribution in [0.25, 0.3) is 11.4 Å². The lowest BCUT2D eigenvalue weighted by Crippen LogP contribution is -2.11. The van der Waals surface area contributed by atoms with Gasteiger partial charge in [-0.25, -0.2) is 0 Å². The number of benzene rings is 1. The van der Waals surface area contributed by atoms with Gasteiger partial charge in [0.2, 0.25) is 11.7 Å². The molecular weight excluding hydrogens is 244 g/mol. The molecule has 6 heteroatoms. The molecule has 6 nitrogen and oxygen atoms in total. The van der Waals surface area contributed by atoms with Crippen molar-refractivity contribution in [3.05, 3.63) is 29.7 Å². The SMILES string of the molecule is COc1c(CN(C)C)cccc1-c1noc(CN)n1. The minimum Gasteiger partial charge on any atom is -0.496 e. The maximum absolute atomic E-state index is 5.50. The Morgan fingerprint density at radius 2 is 2.16 bits per heavy atom. The van der Waals surface area contributed by atoms with Crippen molar-refractivity contribution in [2.75, 3.05) is 21.2 Å². The van der Waals surface area contributed by atoms with Crippen molar-refractivity contribution < 1.29 is 9.26 Å². The molecule has 0 unspecified atom stereocenters. The van der Waals surface area contributed by atoms with Crippen molar-refractivity contribution in [1.82, 2.24) is 15.0 Å². The third kappa shape index (κ3) is 2.91. The molecule has 0 saturated carbocycles. The van der Waals surface area contributed by atoms with Crippen LogP contribution in [0.1, 0.15) is 11.5 Å². The number of hydrogen-bond acceptors (Lipinski definition) is 6. The molecule has 0 aliphatic heterocycles. The van der Waals surface area contributed by atoms with Crippen molar-refractivity contribution in [1.29, 1.82) is 0 Å². The number of nitrogens with two attached hydrogens (primary N) is 1. The zero-order valence-electron chi connectivity index (χ0n) is 11.4. The van der Waals surface area contributed by atoms with E-state index >= 15 is 0 Å². The van der Waals surface area contributed by atoms with Crippen LogP contribution < -0.4 is 10.5 Å². The molecule has 0 bridgehead atoms. The van der Waals surface area contributed by atoms with Crippen molar-refractivity contribution in [3.8, 4) is 17.1 Å². The Labute approximate surface area is 112 Å². The number of nitrogens with zero attached hydrogens (tertiary/aromatic N) is 3. The van der Waals surface area contributed by atoms with E-state index in [1.54, 1.807) is 7.11 Å². The Bertz CT molecular complexity index is 551. The van der Waals surface area contributed by atoms with Gasteiger partial charge in [-0.15, -0.1) is 0 Å². The van der Waals surface area contributed by atoms with Gasteiger partial charge < -0.3 is 19.9 Å². The molecule has 2 rings (SSSR count). The van der Waals surface area contributed by atoms with Crippen molar-refractivity contribution in [2.45, 2.75) is 13.1 Å². The summed E-state index contributed by atoms with van der Waals surface area (Å²) in [6.07, 6.45) is 0. The quantitative estimate of drug-likeness (QED) is 0.874. The Morgan fingerprint density at radius 1 is 1.37 bits per heavy atom. The highest BCUT2D eigenvalue weighted by atomic mass is 16.5. The van der Waals surface area contributed by atoms with E-state index < -0.39 is 0 Å². The smallest absolute Gasteiger partial charge is 0.240 e. The molecule has 1 heterocycles. The second-order valence-corrected chi connectivity index (χ2v) is 4.45. The topological polar surface area (TPSA) is 77.4 Å². The summed E-state index contributed by atoms with van der Waals surface area (Å²) in [5, 5.41) is 3.93. The van der Waals surface area contributed by atoms with Gasteiger partial charge in [-0.3, -0.25) is 0 Å². The average molecular weight is 262 g/mol. The first-order valence-electron chi connectivity index (χ1n) is 5.99. The van der Waals surface area contributed by atoms with Gasteiger partial charge in [0.25, 0.3) is 0 Å². The van der Waals surface area contributed by atoms with Gasteiger partial charge in [0, 0.05) is 12.1 Å². The second-order valence-electron chi connectivity index (χ2n) is 4.45. The summed E-state index contributed by atoms with van der Waals surface area (Å²) in [6.45, 7) is 1.01. The van der Waals surface area contributed by atoms with Crippen LogP contribution in [-0.4, -0.2) is 36.2 Å². The summed E-state index contributed by atoms with van der Waals surface area (Å²) in [5.41, 5.74) is 7.36. The Kier molecular flexibility index (Phi) is 4.13.